The van der Waals surface area contributed by atoms with E-state index in [1.807, 2.05) is 0 Å². The van der Waals surface area contributed by atoms with Gasteiger partial charge in [-0.1, -0.05) is 70.1 Å². The summed E-state index contributed by atoms with van der Waals surface area (Å²) in [6, 6.07) is 13.2. The molecule has 0 spiro atoms. The normalized spacial score (nSPS) is 16.5. The zero-order valence-electron chi connectivity index (χ0n) is 22.8. The minimum Gasteiger partial charge on any atom is -0.496 e. The number of ketones is 1. The number of nitrogens with zero attached hydrogens (tertiary/aromatic N) is 3. The first-order valence-electron chi connectivity index (χ1n) is 13.0. The highest BCUT2D eigenvalue weighted by Crippen LogP contribution is 2.50. The maximum atomic E-state index is 13.5. The Kier molecular flexibility index (Phi) is 9.21. The second-order valence-electron chi connectivity index (χ2n) is 9.85. The van der Waals surface area contributed by atoms with Crippen molar-refractivity contribution in [3.63, 3.8) is 0 Å². The van der Waals surface area contributed by atoms with Gasteiger partial charge in [-0.25, -0.2) is 0 Å². The molecule has 0 bridgehead atoms. The second-order valence-corrected chi connectivity index (χ2v) is 11.7. The number of non-ortho nitro benzene ring substituents is 1. The Hall–Kier alpha value is -3.65. The molecular formula is C30H21Cl5N4O5. The Bertz CT molecular complexity index is 1810. The van der Waals surface area contributed by atoms with Gasteiger partial charge in [0.2, 0.25) is 0 Å². The first-order valence-corrected chi connectivity index (χ1v) is 14.9. The quantitative estimate of drug-likeness (QED) is 0.112. The monoisotopic (exact) mass is 692 g/mol. The molecule has 2 aliphatic rings. The fourth-order valence-electron chi connectivity index (χ4n) is 5.41. The van der Waals surface area contributed by atoms with Crippen LogP contribution < -0.4 is 20.1 Å². The summed E-state index contributed by atoms with van der Waals surface area (Å²) < 4.78 is 11.5. The highest BCUT2D eigenvalue weighted by Gasteiger charge is 2.40. The van der Waals surface area contributed by atoms with E-state index >= 15 is 0 Å². The second kappa shape index (κ2) is 12.8. The Morgan fingerprint density at radius 2 is 1.73 bits per heavy atom. The molecule has 14 heteroatoms. The zero-order valence-corrected chi connectivity index (χ0v) is 26.6. The molecular weight excluding hydrogens is 674 g/mol. The van der Waals surface area contributed by atoms with E-state index in [1.165, 1.54) is 25.3 Å². The van der Waals surface area contributed by atoms with Gasteiger partial charge in [0.05, 0.1) is 50.3 Å². The Morgan fingerprint density at radius 3 is 2.36 bits per heavy atom. The van der Waals surface area contributed by atoms with E-state index in [0.717, 1.165) is 0 Å². The van der Waals surface area contributed by atoms with Crippen molar-refractivity contribution in [2.45, 2.75) is 31.8 Å². The molecule has 1 aliphatic carbocycles. The van der Waals surface area contributed by atoms with Crippen molar-refractivity contribution in [2.24, 2.45) is 5.73 Å². The van der Waals surface area contributed by atoms with Gasteiger partial charge in [0.1, 0.15) is 28.2 Å². The van der Waals surface area contributed by atoms with E-state index < -0.39 is 10.8 Å². The zero-order chi connectivity index (χ0) is 31.9. The number of ether oxygens (including phenoxy) is 2. The highest BCUT2D eigenvalue weighted by atomic mass is 35.5. The van der Waals surface area contributed by atoms with Crippen LogP contribution in [0.2, 0.25) is 25.1 Å². The van der Waals surface area contributed by atoms with E-state index in [2.05, 4.69) is 6.07 Å². The topological polar surface area (TPSA) is 132 Å². The van der Waals surface area contributed by atoms with Gasteiger partial charge < -0.3 is 15.2 Å². The summed E-state index contributed by atoms with van der Waals surface area (Å²) in [5.41, 5.74) is 9.06. The van der Waals surface area contributed by atoms with Crippen LogP contribution in [0.1, 0.15) is 36.3 Å². The number of benzene rings is 3. The molecule has 5 rings (SSSR count). The molecule has 9 nitrogen and oxygen atoms in total. The van der Waals surface area contributed by atoms with Crippen molar-refractivity contribution in [1.29, 1.82) is 5.26 Å². The standard InChI is InChI=1S/C30H21Cl5N4O5/c1-43-21-9-8-14(10-15(21)13-44-29-27(34)25(32)24(31)26(33)28(29)35)22-18(12-36)30(37)38(19-6-3-7-20(40)23(19)22)16-4-2-5-17(11-16)39(41)42/h2,4-5,8-11,22H,3,6-7,13,37H2,1H3/t22-/m0/s1. The number of carbonyl (C=O) groups excluding carboxylic acids is 1. The van der Waals surface area contributed by atoms with Crippen LogP contribution in [0.15, 0.2) is 65.1 Å². The summed E-state index contributed by atoms with van der Waals surface area (Å²) in [6.45, 7) is -0.113. The molecule has 0 unspecified atom stereocenters. The van der Waals surface area contributed by atoms with Crippen LogP contribution in [0, 0.1) is 21.4 Å². The first kappa shape index (κ1) is 31.8. The molecule has 3 aromatic rings. The van der Waals surface area contributed by atoms with Crippen molar-refractivity contribution in [1.82, 2.24) is 0 Å². The van der Waals surface area contributed by atoms with Crippen molar-refractivity contribution < 1.29 is 19.2 Å². The summed E-state index contributed by atoms with van der Waals surface area (Å²) in [5, 5.41) is 21.7. The van der Waals surface area contributed by atoms with Crippen molar-refractivity contribution >= 4 is 75.2 Å². The molecule has 0 fully saturated rings. The minimum absolute atomic E-state index is 0.0126. The van der Waals surface area contributed by atoms with Crippen molar-refractivity contribution in [2.75, 3.05) is 12.0 Å². The van der Waals surface area contributed by atoms with Crippen molar-refractivity contribution in [3.05, 3.63) is 111 Å². The Labute approximate surface area is 277 Å². The van der Waals surface area contributed by atoms with Crippen LogP contribution in [0.25, 0.3) is 0 Å². The van der Waals surface area contributed by atoms with Gasteiger partial charge in [-0.15, -0.1) is 0 Å². The van der Waals surface area contributed by atoms with E-state index in [4.69, 9.17) is 73.2 Å². The van der Waals surface area contributed by atoms with E-state index in [1.54, 1.807) is 29.2 Å². The molecule has 44 heavy (non-hydrogen) atoms. The predicted molar refractivity (Wildman–Crippen MR) is 170 cm³/mol. The number of nitrogens with two attached hydrogens (primary N) is 1. The molecule has 0 radical (unpaired) electrons. The van der Waals surface area contributed by atoms with Crippen LogP contribution >= 0.6 is 58.0 Å². The third kappa shape index (κ3) is 5.53. The number of nitriles is 1. The summed E-state index contributed by atoms with van der Waals surface area (Å²) in [4.78, 5) is 26.1. The van der Waals surface area contributed by atoms with Gasteiger partial charge >= 0.3 is 0 Å². The number of allylic oxidation sites excluding steroid dienone is 3. The summed E-state index contributed by atoms with van der Waals surface area (Å²) in [7, 11) is 1.48. The molecule has 1 atom stereocenters. The molecule has 1 aliphatic heterocycles. The fourth-order valence-corrected chi connectivity index (χ4v) is 6.64. The van der Waals surface area contributed by atoms with Crippen LogP contribution in [-0.2, 0) is 11.4 Å². The van der Waals surface area contributed by atoms with Crippen LogP contribution in [0.4, 0.5) is 11.4 Å². The van der Waals surface area contributed by atoms with Gasteiger partial charge in [0.15, 0.2) is 11.5 Å². The lowest BCUT2D eigenvalue weighted by Crippen LogP contribution is -2.38. The maximum Gasteiger partial charge on any atom is 0.271 e. The molecule has 2 N–H and O–H groups in total. The molecule has 1 heterocycles. The number of Topliss-reactive ketones (excluding diaryl/α,β-unsaturated/α-hetero) is 1. The molecule has 0 aromatic heterocycles. The van der Waals surface area contributed by atoms with Crippen molar-refractivity contribution in [3.8, 4) is 17.6 Å². The number of hydrogen-bond donors (Lipinski definition) is 1. The summed E-state index contributed by atoms with van der Waals surface area (Å²) in [5.74, 6) is -0.428. The fraction of sp³-hybridized carbons (Fsp3) is 0.200. The van der Waals surface area contributed by atoms with Gasteiger partial charge in [-0.2, -0.15) is 5.26 Å². The third-order valence-corrected chi connectivity index (χ3v) is 9.63. The van der Waals surface area contributed by atoms with Crippen LogP contribution in [0.3, 0.4) is 0 Å². The number of nitro benzene ring substituents is 1. The predicted octanol–water partition coefficient (Wildman–Crippen LogP) is 8.75. The number of anilines is 1. The number of nitro groups is 1. The number of hydrogen-bond acceptors (Lipinski definition) is 8. The maximum absolute atomic E-state index is 13.5. The Morgan fingerprint density at radius 1 is 1.05 bits per heavy atom. The lowest BCUT2D eigenvalue weighted by molar-refractivity contribution is -0.384. The number of halogens is 5. The van der Waals surface area contributed by atoms with Gasteiger partial charge in [0.25, 0.3) is 5.69 Å². The largest absolute Gasteiger partial charge is 0.496 e. The smallest absolute Gasteiger partial charge is 0.271 e. The number of rotatable bonds is 7. The SMILES string of the molecule is COc1ccc([C@H]2C(C#N)=C(N)N(c3cccc([N+](=O)[O-])c3)C3=C2C(=O)CCC3)cc1COc1c(Cl)c(Cl)c(Cl)c(Cl)c1Cl. The van der Waals surface area contributed by atoms with Crippen LogP contribution in [-0.4, -0.2) is 17.8 Å². The molecule has 226 valence electrons. The lowest BCUT2D eigenvalue weighted by Gasteiger charge is -2.39. The number of carbonyl (C=O) groups is 1. The average Bonchev–Trinajstić information content (AvgIpc) is 3.02. The molecule has 0 saturated carbocycles. The molecule has 0 saturated heterocycles. The summed E-state index contributed by atoms with van der Waals surface area (Å²) in [6.07, 6.45) is 1.30. The number of methoxy groups -OCH3 is 1. The Balaban J connectivity index is 1.62. The third-order valence-electron chi connectivity index (χ3n) is 7.39. The molecule has 0 amide bonds. The highest BCUT2D eigenvalue weighted by molar-refractivity contribution is 6.55. The van der Waals surface area contributed by atoms with E-state index in [9.17, 15) is 20.2 Å². The lowest BCUT2D eigenvalue weighted by atomic mass is 9.75. The van der Waals surface area contributed by atoms with E-state index in [-0.39, 0.29) is 66.8 Å². The first-order chi connectivity index (χ1) is 21.0. The van der Waals surface area contributed by atoms with Gasteiger partial charge in [0, 0.05) is 35.4 Å². The van der Waals surface area contributed by atoms with Gasteiger partial charge in [-0.05, 0) is 36.6 Å². The van der Waals surface area contributed by atoms with Gasteiger partial charge in [-0.3, -0.25) is 19.8 Å². The average molecular weight is 695 g/mol. The minimum atomic E-state index is -0.811. The summed E-state index contributed by atoms with van der Waals surface area (Å²) >= 11 is 31.2. The molecule has 3 aromatic carbocycles. The van der Waals surface area contributed by atoms with E-state index in [0.29, 0.717) is 46.7 Å². The van der Waals surface area contributed by atoms with Crippen LogP contribution in [0.5, 0.6) is 11.5 Å².